The van der Waals surface area contributed by atoms with Gasteiger partial charge in [0.25, 0.3) is 0 Å². The molecule has 0 saturated carbocycles. The minimum Gasteiger partial charge on any atom is -0.460 e. The molecule has 1 aliphatic rings. The summed E-state index contributed by atoms with van der Waals surface area (Å²) in [5.41, 5.74) is 1.03. The van der Waals surface area contributed by atoms with Gasteiger partial charge in [0.15, 0.2) is 0 Å². The van der Waals surface area contributed by atoms with Crippen LogP contribution < -0.4 is 10.0 Å². The van der Waals surface area contributed by atoms with Gasteiger partial charge in [0.1, 0.15) is 5.58 Å². The fourth-order valence-electron chi connectivity index (χ4n) is 3.47. The number of carbonyl (C=O) groups is 1. The SMILES string of the molecule is CCOC(=O)c1oc2ccc(S(=O)(=O)NC(C)C3CCCNC3)cc2c1C.Cl. The van der Waals surface area contributed by atoms with Gasteiger partial charge in [-0.1, -0.05) is 0 Å². The Hall–Kier alpha value is -1.61. The number of nitrogens with one attached hydrogen (secondary N) is 2. The summed E-state index contributed by atoms with van der Waals surface area (Å²) in [6.45, 7) is 7.37. The Labute approximate surface area is 171 Å². The van der Waals surface area contributed by atoms with Crippen molar-refractivity contribution in [2.24, 2.45) is 5.92 Å². The molecule has 7 nitrogen and oxygen atoms in total. The van der Waals surface area contributed by atoms with Crippen molar-refractivity contribution < 1.29 is 22.4 Å². The zero-order chi connectivity index (χ0) is 19.6. The van der Waals surface area contributed by atoms with Gasteiger partial charge >= 0.3 is 5.97 Å². The fraction of sp³-hybridized carbons (Fsp3) is 0.526. The second kappa shape index (κ2) is 9.26. The van der Waals surface area contributed by atoms with Gasteiger partial charge < -0.3 is 14.5 Å². The van der Waals surface area contributed by atoms with Crippen molar-refractivity contribution in [3.8, 4) is 0 Å². The first-order valence-electron chi connectivity index (χ1n) is 9.26. The number of esters is 1. The van der Waals surface area contributed by atoms with Crippen LogP contribution in [-0.2, 0) is 14.8 Å². The molecule has 2 unspecified atom stereocenters. The van der Waals surface area contributed by atoms with Gasteiger partial charge in [0, 0.05) is 17.0 Å². The number of rotatable bonds is 6. The minimum absolute atomic E-state index is 0. The molecule has 0 aliphatic carbocycles. The van der Waals surface area contributed by atoms with E-state index in [1.54, 1.807) is 26.0 Å². The summed E-state index contributed by atoms with van der Waals surface area (Å²) in [5.74, 6) is -0.175. The third-order valence-corrected chi connectivity index (χ3v) is 6.62. The predicted octanol–water partition coefficient (Wildman–Crippen LogP) is 3.01. The molecule has 9 heteroatoms. The summed E-state index contributed by atoms with van der Waals surface area (Å²) in [5, 5.41) is 3.90. The van der Waals surface area contributed by atoms with E-state index in [9.17, 15) is 13.2 Å². The van der Waals surface area contributed by atoms with Crippen LogP contribution in [0, 0.1) is 12.8 Å². The number of furan rings is 1. The smallest absolute Gasteiger partial charge is 0.374 e. The van der Waals surface area contributed by atoms with Crippen molar-refractivity contribution in [2.45, 2.75) is 44.6 Å². The lowest BCUT2D eigenvalue weighted by Gasteiger charge is -2.28. The molecule has 0 amide bonds. The molecule has 1 aromatic carbocycles. The third kappa shape index (κ3) is 4.68. The first-order valence-corrected chi connectivity index (χ1v) is 10.7. The molecule has 2 N–H and O–H groups in total. The van der Waals surface area contributed by atoms with Crippen molar-refractivity contribution in [3.63, 3.8) is 0 Å². The summed E-state index contributed by atoms with van der Waals surface area (Å²) < 4.78 is 39.0. The van der Waals surface area contributed by atoms with Crippen molar-refractivity contribution in [1.82, 2.24) is 10.0 Å². The highest BCUT2D eigenvalue weighted by Crippen LogP contribution is 2.28. The van der Waals surface area contributed by atoms with Crippen molar-refractivity contribution >= 4 is 39.4 Å². The van der Waals surface area contributed by atoms with E-state index in [0.29, 0.717) is 16.5 Å². The van der Waals surface area contributed by atoms with Crippen molar-refractivity contribution in [3.05, 3.63) is 29.5 Å². The summed E-state index contributed by atoms with van der Waals surface area (Å²) in [7, 11) is -3.67. The van der Waals surface area contributed by atoms with Crippen molar-refractivity contribution in [1.29, 1.82) is 0 Å². The molecule has 0 radical (unpaired) electrons. The maximum atomic E-state index is 12.8. The van der Waals surface area contributed by atoms with Crippen LogP contribution in [0.4, 0.5) is 0 Å². The third-order valence-electron chi connectivity index (χ3n) is 5.06. The zero-order valence-corrected chi connectivity index (χ0v) is 17.9. The highest BCUT2D eigenvalue weighted by atomic mass is 35.5. The van der Waals surface area contributed by atoms with Crippen LogP contribution in [-0.4, -0.2) is 40.1 Å². The lowest BCUT2D eigenvalue weighted by molar-refractivity contribution is 0.0491. The summed E-state index contributed by atoms with van der Waals surface area (Å²) in [6.07, 6.45) is 2.05. The normalized spacial score (nSPS) is 18.5. The van der Waals surface area contributed by atoms with E-state index in [4.69, 9.17) is 9.15 Å². The molecule has 0 spiro atoms. The number of fused-ring (bicyclic) bond motifs is 1. The Kier molecular flexibility index (Phi) is 7.50. The van der Waals surface area contributed by atoms with Crippen LogP contribution in [0.1, 0.15) is 42.8 Å². The van der Waals surface area contributed by atoms with Gasteiger partial charge in [-0.3, -0.25) is 0 Å². The summed E-state index contributed by atoms with van der Waals surface area (Å²) in [4.78, 5) is 12.1. The van der Waals surface area contributed by atoms with Crippen LogP contribution in [0.25, 0.3) is 11.0 Å². The Balaban J connectivity index is 0.00000280. The number of hydrogen-bond acceptors (Lipinski definition) is 6. The monoisotopic (exact) mass is 430 g/mol. The maximum Gasteiger partial charge on any atom is 0.374 e. The van der Waals surface area contributed by atoms with Gasteiger partial charge in [0.2, 0.25) is 15.8 Å². The topological polar surface area (TPSA) is 97.6 Å². The maximum absolute atomic E-state index is 12.8. The van der Waals surface area contributed by atoms with Gasteiger partial charge in [0.05, 0.1) is 11.5 Å². The molecule has 1 fully saturated rings. The molecule has 2 aromatic rings. The lowest BCUT2D eigenvalue weighted by Crippen LogP contribution is -2.44. The van der Waals surface area contributed by atoms with Gasteiger partial charge in [-0.15, -0.1) is 12.4 Å². The van der Waals surface area contributed by atoms with Crippen LogP contribution in [0.2, 0.25) is 0 Å². The van der Waals surface area contributed by atoms with E-state index in [-0.39, 0.29) is 41.6 Å². The molecule has 28 heavy (non-hydrogen) atoms. The number of ether oxygens (including phenoxy) is 1. The Morgan fingerprint density at radius 1 is 1.43 bits per heavy atom. The predicted molar refractivity (Wildman–Crippen MR) is 110 cm³/mol. The van der Waals surface area contributed by atoms with Gasteiger partial charge in [-0.2, -0.15) is 0 Å². The highest BCUT2D eigenvalue weighted by Gasteiger charge is 2.26. The van der Waals surface area contributed by atoms with E-state index < -0.39 is 16.0 Å². The van der Waals surface area contributed by atoms with Gasteiger partial charge in [-0.05, 0) is 70.8 Å². The van der Waals surface area contributed by atoms with Crippen molar-refractivity contribution in [2.75, 3.05) is 19.7 Å². The molecule has 3 rings (SSSR count). The number of sulfonamides is 1. The van der Waals surface area contributed by atoms with Crippen LogP contribution in [0.15, 0.2) is 27.5 Å². The lowest BCUT2D eigenvalue weighted by atomic mass is 9.94. The Morgan fingerprint density at radius 2 is 2.18 bits per heavy atom. The molecular weight excluding hydrogens is 404 g/mol. The highest BCUT2D eigenvalue weighted by molar-refractivity contribution is 7.89. The number of carbonyl (C=O) groups excluding carboxylic acids is 1. The largest absolute Gasteiger partial charge is 0.460 e. The van der Waals surface area contributed by atoms with E-state index in [1.165, 1.54) is 6.07 Å². The zero-order valence-electron chi connectivity index (χ0n) is 16.3. The molecular formula is C19H27ClN2O5S. The molecule has 0 bridgehead atoms. The van der Waals surface area contributed by atoms with Crippen LogP contribution >= 0.6 is 12.4 Å². The first kappa shape index (κ1) is 22.7. The first-order chi connectivity index (χ1) is 12.8. The van der Waals surface area contributed by atoms with E-state index in [0.717, 1.165) is 25.9 Å². The molecule has 2 atom stereocenters. The molecule has 2 heterocycles. The molecule has 1 aromatic heterocycles. The number of piperidine rings is 1. The molecule has 1 aliphatic heterocycles. The fourth-order valence-corrected chi connectivity index (χ4v) is 4.81. The summed E-state index contributed by atoms with van der Waals surface area (Å²) in [6, 6.07) is 4.45. The second-order valence-corrected chi connectivity index (χ2v) is 8.66. The second-order valence-electron chi connectivity index (χ2n) is 6.95. The number of benzene rings is 1. The van der Waals surface area contributed by atoms with Gasteiger partial charge in [-0.25, -0.2) is 17.9 Å². The average Bonchev–Trinajstić information content (AvgIpc) is 2.99. The molecule has 1 saturated heterocycles. The summed E-state index contributed by atoms with van der Waals surface area (Å²) >= 11 is 0. The Bertz CT molecular complexity index is 935. The minimum atomic E-state index is -3.67. The molecule has 156 valence electrons. The van der Waals surface area contributed by atoms with Crippen LogP contribution in [0.5, 0.6) is 0 Å². The number of hydrogen-bond donors (Lipinski definition) is 2. The van der Waals surface area contributed by atoms with E-state index >= 15 is 0 Å². The quantitative estimate of drug-likeness (QED) is 0.683. The Morgan fingerprint density at radius 3 is 2.82 bits per heavy atom. The number of aryl methyl sites for hydroxylation is 1. The van der Waals surface area contributed by atoms with E-state index in [2.05, 4.69) is 10.0 Å². The van der Waals surface area contributed by atoms with Crippen LogP contribution in [0.3, 0.4) is 0 Å². The number of halogens is 1. The standard InChI is InChI=1S/C19H26N2O5S.ClH/c1-4-25-19(22)18-12(2)16-10-15(7-8-17(16)26-18)27(23,24)21-13(3)14-6-5-9-20-11-14;/h7-8,10,13-14,20-21H,4-6,9,11H2,1-3H3;1H. The van der Waals surface area contributed by atoms with E-state index in [1.807, 2.05) is 6.92 Å². The average molecular weight is 431 g/mol.